The Labute approximate surface area is 291 Å². The summed E-state index contributed by atoms with van der Waals surface area (Å²) in [5.41, 5.74) is 14.3. The molecule has 0 saturated carbocycles. The van der Waals surface area contributed by atoms with E-state index >= 15 is 0 Å². The lowest BCUT2D eigenvalue weighted by molar-refractivity contribution is 0.590. The van der Waals surface area contributed by atoms with Crippen LogP contribution >= 0.6 is 0 Å². The monoisotopic (exact) mass is 641 g/mol. The summed E-state index contributed by atoms with van der Waals surface area (Å²) in [6, 6.07) is 57.7. The van der Waals surface area contributed by atoms with Crippen molar-refractivity contribution >= 4 is 60.5 Å². The molecule has 1 aliphatic rings. The fourth-order valence-electron chi connectivity index (χ4n) is 7.77. The molecule has 0 fully saturated rings. The molecule has 0 bridgehead atoms. The van der Waals surface area contributed by atoms with E-state index in [1.807, 2.05) is 12.1 Å². The van der Waals surface area contributed by atoms with Gasteiger partial charge in [0.25, 0.3) is 0 Å². The maximum atomic E-state index is 6.35. The van der Waals surface area contributed by atoms with Crippen LogP contribution in [0.3, 0.4) is 0 Å². The Bertz CT molecular complexity index is 2780. The van der Waals surface area contributed by atoms with Gasteiger partial charge in [0.1, 0.15) is 11.2 Å². The number of rotatable bonds is 4. The first-order valence-electron chi connectivity index (χ1n) is 17.4. The van der Waals surface area contributed by atoms with Crippen LogP contribution in [0.25, 0.3) is 76.9 Å². The fraction of sp³-hybridized carbons (Fsp3) is 0.0833. The van der Waals surface area contributed by atoms with Gasteiger partial charge in [-0.15, -0.1) is 0 Å². The maximum Gasteiger partial charge on any atom is 0.137 e. The molecule has 50 heavy (non-hydrogen) atoms. The molecule has 0 unspecified atom stereocenters. The third kappa shape index (κ3) is 4.56. The zero-order chi connectivity index (χ0) is 33.6. The van der Waals surface area contributed by atoms with E-state index in [1.165, 1.54) is 60.5 Å². The van der Waals surface area contributed by atoms with Crippen LogP contribution in [-0.4, -0.2) is 0 Å². The molecular weight excluding hydrogens is 607 g/mol. The van der Waals surface area contributed by atoms with Gasteiger partial charge < -0.3 is 9.32 Å². The number of anilines is 3. The second kappa shape index (κ2) is 10.7. The van der Waals surface area contributed by atoms with Gasteiger partial charge >= 0.3 is 0 Å². The molecule has 0 amide bonds. The van der Waals surface area contributed by atoms with Crippen LogP contribution in [-0.2, 0) is 5.41 Å². The minimum Gasteiger partial charge on any atom is -0.456 e. The summed E-state index contributed by atoms with van der Waals surface area (Å²) < 4.78 is 6.35. The SMILES string of the molecule is CC(C)(C)c1ccc(N(c2ccc3cc4c(cc3c2)-c2cc3ccc(-c5ccccc5)cc3cc2-4)c2ccc3c(c2)oc2ccccc23)cc1. The van der Waals surface area contributed by atoms with Gasteiger partial charge in [0.2, 0.25) is 0 Å². The summed E-state index contributed by atoms with van der Waals surface area (Å²) in [6.07, 6.45) is 0. The average Bonchev–Trinajstić information content (AvgIpc) is 3.51. The molecule has 1 aromatic heterocycles. The van der Waals surface area contributed by atoms with E-state index in [0.29, 0.717) is 0 Å². The molecule has 2 heteroatoms. The Hall–Kier alpha value is -6.12. The van der Waals surface area contributed by atoms with Gasteiger partial charge in [0.05, 0.1) is 0 Å². The van der Waals surface area contributed by atoms with Crippen molar-refractivity contribution in [2.75, 3.05) is 4.90 Å². The first-order valence-corrected chi connectivity index (χ1v) is 17.4. The number of hydrogen-bond donors (Lipinski definition) is 0. The van der Waals surface area contributed by atoms with Crippen LogP contribution in [0.15, 0.2) is 162 Å². The number of benzene rings is 8. The van der Waals surface area contributed by atoms with Crippen molar-refractivity contribution in [3.63, 3.8) is 0 Å². The third-order valence-electron chi connectivity index (χ3n) is 10.5. The zero-order valence-corrected chi connectivity index (χ0v) is 28.4. The lowest BCUT2D eigenvalue weighted by atomic mass is 9.77. The van der Waals surface area contributed by atoms with Crippen molar-refractivity contribution in [2.45, 2.75) is 26.2 Å². The van der Waals surface area contributed by atoms with Crippen LogP contribution in [0.1, 0.15) is 26.3 Å². The van der Waals surface area contributed by atoms with Crippen molar-refractivity contribution in [3.8, 4) is 33.4 Å². The Morgan fingerprint density at radius 3 is 1.68 bits per heavy atom. The fourth-order valence-corrected chi connectivity index (χ4v) is 7.77. The van der Waals surface area contributed by atoms with Crippen LogP contribution in [0.5, 0.6) is 0 Å². The van der Waals surface area contributed by atoms with E-state index in [2.05, 4.69) is 171 Å². The number of furan rings is 1. The average molecular weight is 642 g/mol. The molecule has 0 N–H and O–H groups in total. The van der Waals surface area contributed by atoms with Crippen LogP contribution < -0.4 is 4.90 Å². The van der Waals surface area contributed by atoms with Crippen LogP contribution in [0.4, 0.5) is 17.1 Å². The van der Waals surface area contributed by atoms with Gasteiger partial charge in [0.15, 0.2) is 0 Å². The number of nitrogens with zero attached hydrogens (tertiary/aromatic N) is 1. The number of para-hydroxylation sites is 1. The van der Waals surface area contributed by atoms with E-state index in [-0.39, 0.29) is 5.41 Å². The molecule has 0 atom stereocenters. The predicted octanol–water partition coefficient (Wildman–Crippen LogP) is 14.0. The van der Waals surface area contributed by atoms with Crippen molar-refractivity contribution < 1.29 is 4.42 Å². The largest absolute Gasteiger partial charge is 0.456 e. The standard InChI is InChI=1S/C48H35NO/c1-48(2,3)36-16-19-37(20-17-36)49(39-21-22-41-40-11-7-8-12-46(40)50-47(41)29-39)38-18-15-33-26-43-44-27-34-23-31(30-9-5-4-6-10-30)13-14-32(34)25-42(44)45(43)28-35(33)24-38/h4-29H,1-3H3. The molecule has 8 aromatic carbocycles. The molecule has 9 aromatic rings. The normalized spacial score (nSPS) is 12.3. The molecule has 2 nitrogen and oxygen atoms in total. The van der Waals surface area contributed by atoms with E-state index in [1.54, 1.807) is 0 Å². The molecule has 0 saturated heterocycles. The molecular formula is C48H35NO. The maximum absolute atomic E-state index is 6.35. The van der Waals surface area contributed by atoms with Gasteiger partial charge in [-0.2, -0.15) is 0 Å². The van der Waals surface area contributed by atoms with Gasteiger partial charge in [-0.1, -0.05) is 99.6 Å². The van der Waals surface area contributed by atoms with Crippen molar-refractivity contribution in [1.82, 2.24) is 0 Å². The summed E-state index contributed by atoms with van der Waals surface area (Å²) in [7, 11) is 0. The highest BCUT2D eigenvalue weighted by atomic mass is 16.3. The van der Waals surface area contributed by atoms with Gasteiger partial charge in [-0.3, -0.25) is 0 Å². The van der Waals surface area contributed by atoms with Gasteiger partial charge in [-0.05, 0) is 139 Å². The number of hydrogen-bond acceptors (Lipinski definition) is 2. The molecule has 0 spiro atoms. The van der Waals surface area contributed by atoms with E-state index in [0.717, 1.165) is 39.0 Å². The van der Waals surface area contributed by atoms with Crippen molar-refractivity contribution in [1.29, 1.82) is 0 Å². The summed E-state index contributed by atoms with van der Waals surface area (Å²) in [5, 5.41) is 7.30. The Morgan fingerprint density at radius 1 is 0.400 bits per heavy atom. The smallest absolute Gasteiger partial charge is 0.137 e. The third-order valence-corrected chi connectivity index (χ3v) is 10.5. The molecule has 10 rings (SSSR count). The van der Waals surface area contributed by atoms with E-state index < -0.39 is 0 Å². The lowest BCUT2D eigenvalue weighted by Crippen LogP contribution is -2.13. The summed E-state index contributed by atoms with van der Waals surface area (Å²) >= 11 is 0. The topological polar surface area (TPSA) is 16.4 Å². The second-order valence-corrected chi connectivity index (χ2v) is 14.7. The molecule has 0 aliphatic heterocycles. The minimum atomic E-state index is 0.0766. The lowest BCUT2D eigenvalue weighted by Gasteiger charge is -2.28. The summed E-state index contributed by atoms with van der Waals surface area (Å²) in [5.74, 6) is 0. The Kier molecular flexibility index (Phi) is 6.17. The minimum absolute atomic E-state index is 0.0766. The Balaban J connectivity index is 1.08. The van der Waals surface area contributed by atoms with Crippen LogP contribution in [0.2, 0.25) is 0 Å². The predicted molar refractivity (Wildman–Crippen MR) is 212 cm³/mol. The molecule has 1 aliphatic carbocycles. The molecule has 238 valence electrons. The van der Waals surface area contributed by atoms with Gasteiger partial charge in [0, 0.05) is 33.9 Å². The summed E-state index contributed by atoms with van der Waals surface area (Å²) in [6.45, 7) is 6.78. The highest BCUT2D eigenvalue weighted by Crippen LogP contribution is 2.51. The Morgan fingerprint density at radius 2 is 0.960 bits per heavy atom. The zero-order valence-electron chi connectivity index (χ0n) is 28.4. The molecule has 0 radical (unpaired) electrons. The van der Waals surface area contributed by atoms with E-state index in [4.69, 9.17) is 4.42 Å². The van der Waals surface area contributed by atoms with Crippen molar-refractivity contribution in [2.24, 2.45) is 0 Å². The summed E-state index contributed by atoms with van der Waals surface area (Å²) in [4.78, 5) is 2.35. The van der Waals surface area contributed by atoms with Crippen LogP contribution in [0, 0.1) is 0 Å². The first-order chi connectivity index (χ1) is 24.4. The number of fused-ring (bicyclic) bond motifs is 9. The first kappa shape index (κ1) is 28.9. The highest BCUT2D eigenvalue weighted by Gasteiger charge is 2.25. The second-order valence-electron chi connectivity index (χ2n) is 14.7. The van der Waals surface area contributed by atoms with Crippen molar-refractivity contribution in [3.05, 3.63) is 163 Å². The quantitative estimate of drug-likeness (QED) is 0.190. The van der Waals surface area contributed by atoms with E-state index in [9.17, 15) is 0 Å². The molecule has 1 heterocycles. The van der Waals surface area contributed by atoms with Gasteiger partial charge in [-0.25, -0.2) is 0 Å². The highest BCUT2D eigenvalue weighted by molar-refractivity contribution is 6.12.